The van der Waals surface area contributed by atoms with Crippen LogP contribution in [-0.4, -0.2) is 42.7 Å². The number of fused-ring (bicyclic) bond motifs is 1. The SMILES string of the molecule is CS(=O)(=O)c1ccc(Nc2cc3c(N4CCC(C#N)CC4)ncnc3cn2)cc1. The fraction of sp³-hybridized carbons (Fsp3) is 0.300. The van der Waals surface area contributed by atoms with Gasteiger partial charge in [0, 0.05) is 36.3 Å². The van der Waals surface area contributed by atoms with E-state index < -0.39 is 9.84 Å². The maximum atomic E-state index is 11.6. The highest BCUT2D eigenvalue weighted by molar-refractivity contribution is 7.90. The average molecular weight is 408 g/mol. The van der Waals surface area contributed by atoms with Crippen molar-refractivity contribution in [3.8, 4) is 6.07 Å². The standard InChI is InChI=1S/C20H20N6O2S/c1-29(27,28)16-4-2-15(3-5-16)25-19-10-17-18(12-22-19)23-13-24-20(17)26-8-6-14(11-21)7-9-26/h2-5,10,12-14H,6-9H2,1H3,(H,22,25). The van der Waals surface area contributed by atoms with Crippen LogP contribution < -0.4 is 10.2 Å². The number of sulfone groups is 1. The summed E-state index contributed by atoms with van der Waals surface area (Å²) in [7, 11) is -3.23. The Morgan fingerprint density at radius 3 is 2.52 bits per heavy atom. The molecule has 1 aliphatic rings. The zero-order valence-electron chi connectivity index (χ0n) is 15.9. The van der Waals surface area contributed by atoms with Gasteiger partial charge in [0.15, 0.2) is 9.84 Å². The molecule has 0 bridgehead atoms. The van der Waals surface area contributed by atoms with Gasteiger partial charge in [0.2, 0.25) is 0 Å². The average Bonchev–Trinajstić information content (AvgIpc) is 2.73. The van der Waals surface area contributed by atoms with Gasteiger partial charge in [-0.25, -0.2) is 23.4 Å². The number of pyridine rings is 1. The first kappa shape index (κ1) is 19.1. The number of rotatable bonds is 4. The molecule has 1 saturated heterocycles. The normalized spacial score (nSPS) is 15.2. The van der Waals surface area contributed by atoms with Crippen LogP contribution in [0.2, 0.25) is 0 Å². The molecule has 1 aliphatic heterocycles. The van der Waals surface area contributed by atoms with E-state index in [2.05, 4.69) is 31.2 Å². The molecule has 4 rings (SSSR count). The summed E-state index contributed by atoms with van der Waals surface area (Å²) < 4.78 is 23.2. The van der Waals surface area contributed by atoms with Crippen molar-refractivity contribution in [3.63, 3.8) is 0 Å². The predicted molar refractivity (Wildman–Crippen MR) is 111 cm³/mol. The second-order valence-electron chi connectivity index (χ2n) is 7.10. The molecule has 2 aromatic heterocycles. The molecule has 0 unspecified atom stereocenters. The number of piperidine rings is 1. The number of benzene rings is 1. The number of nitrogens with one attached hydrogen (secondary N) is 1. The molecule has 0 saturated carbocycles. The van der Waals surface area contributed by atoms with E-state index in [-0.39, 0.29) is 10.8 Å². The molecule has 29 heavy (non-hydrogen) atoms. The molecule has 1 aromatic carbocycles. The lowest BCUT2D eigenvalue weighted by atomic mass is 9.98. The van der Waals surface area contributed by atoms with Crippen LogP contribution in [0.15, 0.2) is 47.8 Å². The smallest absolute Gasteiger partial charge is 0.175 e. The Hall–Kier alpha value is -3.25. The highest BCUT2D eigenvalue weighted by atomic mass is 32.2. The molecule has 3 aromatic rings. The van der Waals surface area contributed by atoms with Crippen LogP contribution in [0.1, 0.15) is 12.8 Å². The number of nitriles is 1. The van der Waals surface area contributed by atoms with E-state index in [1.807, 2.05) is 6.07 Å². The van der Waals surface area contributed by atoms with Gasteiger partial charge in [-0.15, -0.1) is 0 Å². The zero-order chi connectivity index (χ0) is 20.4. The molecule has 1 fully saturated rings. The van der Waals surface area contributed by atoms with Crippen LogP contribution in [-0.2, 0) is 9.84 Å². The van der Waals surface area contributed by atoms with Crippen LogP contribution in [0.3, 0.4) is 0 Å². The summed E-state index contributed by atoms with van der Waals surface area (Å²) >= 11 is 0. The van der Waals surface area contributed by atoms with Gasteiger partial charge in [0.25, 0.3) is 0 Å². The van der Waals surface area contributed by atoms with E-state index in [1.54, 1.807) is 30.5 Å². The molecule has 0 spiro atoms. The molecule has 1 N–H and O–H groups in total. The summed E-state index contributed by atoms with van der Waals surface area (Å²) in [5, 5.41) is 13.2. The topological polar surface area (TPSA) is 112 Å². The first-order valence-corrected chi connectivity index (χ1v) is 11.2. The molecule has 0 atom stereocenters. The van der Waals surface area contributed by atoms with Crippen LogP contribution in [0.25, 0.3) is 10.9 Å². The summed E-state index contributed by atoms with van der Waals surface area (Å²) in [6.07, 6.45) is 6.06. The molecule has 0 radical (unpaired) electrons. The van der Waals surface area contributed by atoms with E-state index in [1.165, 1.54) is 12.6 Å². The van der Waals surface area contributed by atoms with Gasteiger partial charge in [0.05, 0.1) is 22.7 Å². The van der Waals surface area contributed by atoms with E-state index in [4.69, 9.17) is 5.26 Å². The molecule has 0 aliphatic carbocycles. The molecular weight excluding hydrogens is 388 g/mol. The van der Waals surface area contributed by atoms with Crippen LogP contribution >= 0.6 is 0 Å². The molecule has 0 amide bonds. The van der Waals surface area contributed by atoms with Gasteiger partial charge >= 0.3 is 0 Å². The summed E-state index contributed by atoms with van der Waals surface area (Å²) in [5.41, 5.74) is 1.48. The highest BCUT2D eigenvalue weighted by Gasteiger charge is 2.21. The van der Waals surface area contributed by atoms with E-state index in [9.17, 15) is 8.42 Å². The Balaban J connectivity index is 1.61. The number of anilines is 3. The second-order valence-corrected chi connectivity index (χ2v) is 9.11. The van der Waals surface area contributed by atoms with Gasteiger partial charge in [-0.2, -0.15) is 5.26 Å². The summed E-state index contributed by atoms with van der Waals surface area (Å²) in [4.78, 5) is 15.6. The molecule has 148 valence electrons. The van der Waals surface area contributed by atoms with Crippen molar-refractivity contribution in [3.05, 3.63) is 42.9 Å². The van der Waals surface area contributed by atoms with E-state index in [0.717, 1.165) is 48.3 Å². The monoisotopic (exact) mass is 408 g/mol. The lowest BCUT2D eigenvalue weighted by Crippen LogP contribution is -2.34. The first-order valence-electron chi connectivity index (χ1n) is 9.26. The van der Waals surface area contributed by atoms with Gasteiger partial charge in [-0.1, -0.05) is 0 Å². The number of nitrogens with zero attached hydrogens (tertiary/aromatic N) is 5. The molecule has 3 heterocycles. The van der Waals surface area contributed by atoms with Crippen molar-refractivity contribution in [1.29, 1.82) is 5.26 Å². The number of hydrogen-bond acceptors (Lipinski definition) is 8. The van der Waals surface area contributed by atoms with Gasteiger partial charge < -0.3 is 10.2 Å². The lowest BCUT2D eigenvalue weighted by Gasteiger charge is -2.30. The van der Waals surface area contributed by atoms with Crippen molar-refractivity contribution in [1.82, 2.24) is 15.0 Å². The predicted octanol–water partition coefficient (Wildman–Crippen LogP) is 2.91. The van der Waals surface area contributed by atoms with Crippen molar-refractivity contribution < 1.29 is 8.42 Å². The van der Waals surface area contributed by atoms with E-state index in [0.29, 0.717) is 5.82 Å². The Labute approximate surface area is 169 Å². The van der Waals surface area contributed by atoms with E-state index >= 15 is 0 Å². The summed E-state index contributed by atoms with van der Waals surface area (Å²) in [5.74, 6) is 1.56. The minimum Gasteiger partial charge on any atom is -0.356 e. The van der Waals surface area contributed by atoms with Crippen molar-refractivity contribution in [2.45, 2.75) is 17.7 Å². The van der Waals surface area contributed by atoms with Gasteiger partial charge in [0.1, 0.15) is 18.0 Å². The Bertz CT molecular complexity index is 1180. The molecular formula is C20H20N6O2S. The summed E-state index contributed by atoms with van der Waals surface area (Å²) in [6, 6.07) is 10.8. The third-order valence-corrected chi connectivity index (χ3v) is 6.16. The Morgan fingerprint density at radius 2 is 1.86 bits per heavy atom. The van der Waals surface area contributed by atoms with Crippen molar-refractivity contribution in [2.24, 2.45) is 5.92 Å². The largest absolute Gasteiger partial charge is 0.356 e. The van der Waals surface area contributed by atoms with Crippen LogP contribution in [0, 0.1) is 17.2 Å². The maximum Gasteiger partial charge on any atom is 0.175 e. The number of aromatic nitrogens is 3. The van der Waals surface area contributed by atoms with Crippen LogP contribution in [0.4, 0.5) is 17.3 Å². The van der Waals surface area contributed by atoms with Crippen molar-refractivity contribution in [2.75, 3.05) is 29.6 Å². The third kappa shape index (κ3) is 4.12. The minimum absolute atomic E-state index is 0.105. The number of hydrogen-bond donors (Lipinski definition) is 1. The second kappa shape index (κ2) is 7.64. The molecule has 9 heteroatoms. The van der Waals surface area contributed by atoms with Crippen molar-refractivity contribution >= 4 is 38.1 Å². The fourth-order valence-corrected chi connectivity index (χ4v) is 4.05. The summed E-state index contributed by atoms with van der Waals surface area (Å²) in [6.45, 7) is 1.56. The molecule has 8 nitrogen and oxygen atoms in total. The quantitative estimate of drug-likeness (QED) is 0.701. The van der Waals surface area contributed by atoms with Crippen LogP contribution in [0.5, 0.6) is 0 Å². The van der Waals surface area contributed by atoms with Gasteiger partial charge in [-0.3, -0.25) is 0 Å². The fourth-order valence-electron chi connectivity index (χ4n) is 3.42. The Morgan fingerprint density at radius 1 is 1.14 bits per heavy atom. The lowest BCUT2D eigenvalue weighted by molar-refractivity contribution is 0.486. The highest BCUT2D eigenvalue weighted by Crippen LogP contribution is 2.29. The Kier molecular flexibility index (Phi) is 5.03. The first-order chi connectivity index (χ1) is 13.9. The third-order valence-electron chi connectivity index (χ3n) is 5.03. The van der Waals surface area contributed by atoms with Gasteiger partial charge in [-0.05, 0) is 43.2 Å². The minimum atomic E-state index is -3.23. The maximum absolute atomic E-state index is 11.6. The zero-order valence-corrected chi connectivity index (χ0v) is 16.7.